The molecule has 21 heavy (non-hydrogen) atoms. The summed E-state index contributed by atoms with van der Waals surface area (Å²) < 4.78 is 0. The summed E-state index contributed by atoms with van der Waals surface area (Å²) in [6.45, 7) is 1.88. The van der Waals surface area contributed by atoms with Crippen molar-refractivity contribution in [3.05, 3.63) is 62.6 Å². The van der Waals surface area contributed by atoms with Crippen molar-refractivity contribution < 1.29 is 9.90 Å². The molecule has 0 saturated heterocycles. The zero-order valence-corrected chi connectivity index (χ0v) is 12.8. The molecule has 1 heterocycles. The summed E-state index contributed by atoms with van der Waals surface area (Å²) in [4.78, 5) is 11.4. The van der Waals surface area contributed by atoms with Gasteiger partial charge in [-0.05, 0) is 30.2 Å². The lowest BCUT2D eigenvalue weighted by atomic mass is 9.97. The van der Waals surface area contributed by atoms with Crippen molar-refractivity contribution in [2.24, 2.45) is 0 Å². The number of hydrogen-bond donors (Lipinski definition) is 2. The summed E-state index contributed by atoms with van der Waals surface area (Å²) in [7, 11) is 0. The van der Waals surface area contributed by atoms with Crippen LogP contribution in [-0.4, -0.2) is 11.0 Å². The zero-order valence-electron chi connectivity index (χ0n) is 11.3. The van der Waals surface area contributed by atoms with Gasteiger partial charge in [-0.1, -0.05) is 41.4 Å². The quantitative estimate of drug-likeness (QED) is 0.881. The van der Waals surface area contributed by atoms with Crippen LogP contribution >= 0.6 is 23.2 Å². The zero-order chi connectivity index (χ0) is 15.1. The van der Waals surface area contributed by atoms with Gasteiger partial charge in [-0.2, -0.15) is 0 Å². The number of nitrogens with one attached hydrogen (secondary N) is 1. The van der Waals surface area contributed by atoms with E-state index in [9.17, 15) is 9.90 Å². The van der Waals surface area contributed by atoms with Gasteiger partial charge in [0.15, 0.2) is 0 Å². The number of aliphatic hydroxyl groups excluding tert-OH is 1. The highest BCUT2D eigenvalue weighted by atomic mass is 35.5. The Balaban J connectivity index is 2.06. The molecule has 3 nitrogen and oxygen atoms in total. The Morgan fingerprint density at radius 1 is 1.24 bits per heavy atom. The van der Waals surface area contributed by atoms with Crippen molar-refractivity contribution in [1.29, 1.82) is 0 Å². The number of aliphatic hydroxyl groups is 1. The fourth-order valence-electron chi connectivity index (χ4n) is 2.53. The number of halogens is 2. The minimum atomic E-state index is -0.925. The lowest BCUT2D eigenvalue weighted by Gasteiger charge is -2.17. The van der Waals surface area contributed by atoms with Gasteiger partial charge < -0.3 is 10.4 Å². The fourth-order valence-corrected chi connectivity index (χ4v) is 3.02. The van der Waals surface area contributed by atoms with Crippen LogP contribution in [0, 0.1) is 6.92 Å². The van der Waals surface area contributed by atoms with Crippen LogP contribution in [0.15, 0.2) is 30.3 Å². The van der Waals surface area contributed by atoms with E-state index in [1.807, 2.05) is 19.1 Å². The number of carbonyl (C=O) groups is 1. The topological polar surface area (TPSA) is 49.3 Å². The Kier molecular flexibility index (Phi) is 3.66. The van der Waals surface area contributed by atoms with Crippen LogP contribution < -0.4 is 5.32 Å². The second-order valence-electron chi connectivity index (χ2n) is 5.14. The smallest absolute Gasteiger partial charge is 0.228 e. The average Bonchev–Trinajstić information content (AvgIpc) is 2.79. The van der Waals surface area contributed by atoms with E-state index in [0.717, 1.165) is 11.1 Å². The van der Waals surface area contributed by atoms with E-state index in [1.165, 1.54) is 0 Å². The first-order valence-corrected chi connectivity index (χ1v) is 7.28. The van der Waals surface area contributed by atoms with Crippen LogP contribution in [0.25, 0.3) is 0 Å². The van der Waals surface area contributed by atoms with E-state index in [2.05, 4.69) is 5.32 Å². The highest BCUT2D eigenvalue weighted by molar-refractivity contribution is 6.33. The van der Waals surface area contributed by atoms with Crippen molar-refractivity contribution in [3.8, 4) is 0 Å². The predicted octanol–water partition coefficient (Wildman–Crippen LogP) is 3.88. The molecule has 2 N–H and O–H groups in total. The SMILES string of the molecule is Cc1cccc(C(O)c2cc3c(cc2Cl)NC(=O)C3)c1Cl. The van der Waals surface area contributed by atoms with Gasteiger partial charge in [0.05, 0.1) is 6.42 Å². The molecule has 2 aromatic carbocycles. The van der Waals surface area contributed by atoms with Crippen LogP contribution in [0.1, 0.15) is 28.4 Å². The summed E-state index contributed by atoms with van der Waals surface area (Å²) in [6.07, 6.45) is -0.626. The molecule has 1 unspecified atom stereocenters. The molecule has 3 rings (SSSR count). The van der Waals surface area contributed by atoms with Crippen LogP contribution in [0.5, 0.6) is 0 Å². The molecule has 0 bridgehead atoms. The van der Waals surface area contributed by atoms with Crippen molar-refractivity contribution >= 4 is 34.8 Å². The van der Waals surface area contributed by atoms with Crippen LogP contribution in [0.4, 0.5) is 5.69 Å². The maximum absolute atomic E-state index is 11.4. The fraction of sp³-hybridized carbons (Fsp3) is 0.188. The third-order valence-corrected chi connectivity index (χ3v) is 4.50. The first kappa shape index (κ1) is 14.4. The van der Waals surface area contributed by atoms with Gasteiger partial charge in [-0.3, -0.25) is 4.79 Å². The number of benzene rings is 2. The Morgan fingerprint density at radius 3 is 2.76 bits per heavy atom. The first-order chi connectivity index (χ1) is 9.97. The van der Waals surface area contributed by atoms with Crippen molar-refractivity contribution in [1.82, 2.24) is 0 Å². The van der Waals surface area contributed by atoms with E-state index >= 15 is 0 Å². The second kappa shape index (κ2) is 5.34. The molecule has 0 aliphatic carbocycles. The summed E-state index contributed by atoms with van der Waals surface area (Å²) in [6, 6.07) is 8.92. The Morgan fingerprint density at radius 2 is 2.00 bits per heavy atom. The van der Waals surface area contributed by atoms with E-state index < -0.39 is 6.10 Å². The van der Waals surface area contributed by atoms with E-state index in [1.54, 1.807) is 18.2 Å². The molecular formula is C16H13Cl2NO2. The minimum Gasteiger partial charge on any atom is -0.384 e. The van der Waals surface area contributed by atoms with Gasteiger partial charge in [0, 0.05) is 26.9 Å². The van der Waals surface area contributed by atoms with Gasteiger partial charge in [0.2, 0.25) is 5.91 Å². The average molecular weight is 322 g/mol. The Bertz CT molecular complexity index is 743. The first-order valence-electron chi connectivity index (χ1n) is 6.52. The van der Waals surface area contributed by atoms with E-state index in [4.69, 9.17) is 23.2 Å². The third-order valence-electron chi connectivity index (χ3n) is 3.66. The van der Waals surface area contributed by atoms with Crippen molar-refractivity contribution in [2.75, 3.05) is 5.32 Å². The number of anilines is 1. The molecule has 2 aromatic rings. The maximum Gasteiger partial charge on any atom is 0.228 e. The summed E-state index contributed by atoms with van der Waals surface area (Å²) in [5.41, 5.74) is 3.59. The number of aryl methyl sites for hydroxylation is 1. The molecular weight excluding hydrogens is 309 g/mol. The monoisotopic (exact) mass is 321 g/mol. The van der Waals surface area contributed by atoms with E-state index in [0.29, 0.717) is 33.3 Å². The molecule has 5 heteroatoms. The molecule has 1 aliphatic heterocycles. The molecule has 1 aliphatic rings. The number of fused-ring (bicyclic) bond motifs is 1. The molecule has 1 atom stereocenters. The lowest BCUT2D eigenvalue weighted by Crippen LogP contribution is -2.03. The van der Waals surface area contributed by atoms with Crippen molar-refractivity contribution in [2.45, 2.75) is 19.4 Å². The van der Waals surface area contributed by atoms with Gasteiger partial charge in [0.25, 0.3) is 0 Å². The van der Waals surface area contributed by atoms with Gasteiger partial charge in [0.1, 0.15) is 6.10 Å². The molecule has 1 amide bonds. The highest BCUT2D eigenvalue weighted by Gasteiger charge is 2.24. The molecule has 0 radical (unpaired) electrons. The molecule has 0 fully saturated rings. The summed E-state index contributed by atoms with van der Waals surface area (Å²) >= 11 is 12.5. The molecule has 0 spiro atoms. The normalized spacial score (nSPS) is 14.8. The van der Waals surface area contributed by atoms with Crippen LogP contribution in [0.3, 0.4) is 0 Å². The second-order valence-corrected chi connectivity index (χ2v) is 5.92. The molecule has 0 saturated carbocycles. The maximum atomic E-state index is 11.4. The van der Waals surface area contributed by atoms with Gasteiger partial charge in [-0.25, -0.2) is 0 Å². The molecule has 0 aromatic heterocycles. The number of amides is 1. The number of rotatable bonds is 2. The van der Waals surface area contributed by atoms with Gasteiger partial charge >= 0.3 is 0 Å². The minimum absolute atomic E-state index is 0.0682. The summed E-state index contributed by atoms with van der Waals surface area (Å²) in [5, 5.41) is 14.3. The Labute approximate surface area is 132 Å². The Hall–Kier alpha value is -1.55. The summed E-state index contributed by atoms with van der Waals surface area (Å²) in [5.74, 6) is -0.0682. The molecule has 108 valence electrons. The highest BCUT2D eigenvalue weighted by Crippen LogP contribution is 2.37. The van der Waals surface area contributed by atoms with Crippen LogP contribution in [-0.2, 0) is 11.2 Å². The largest absolute Gasteiger partial charge is 0.384 e. The van der Waals surface area contributed by atoms with Gasteiger partial charge in [-0.15, -0.1) is 0 Å². The van der Waals surface area contributed by atoms with Crippen molar-refractivity contribution in [3.63, 3.8) is 0 Å². The predicted molar refractivity (Wildman–Crippen MR) is 84.0 cm³/mol. The van der Waals surface area contributed by atoms with Crippen LogP contribution in [0.2, 0.25) is 10.0 Å². The van der Waals surface area contributed by atoms with E-state index in [-0.39, 0.29) is 5.91 Å². The third kappa shape index (κ3) is 2.53. The number of carbonyl (C=O) groups excluding carboxylic acids is 1. The number of hydrogen-bond acceptors (Lipinski definition) is 2. The lowest BCUT2D eigenvalue weighted by molar-refractivity contribution is -0.115. The standard InChI is InChI=1S/C16H13Cl2NO2/c1-8-3-2-4-10(15(8)18)16(21)11-5-9-6-14(20)19-13(9)7-12(11)17/h2-5,7,16,21H,6H2,1H3,(H,19,20).